The number of amides is 1. The van der Waals surface area contributed by atoms with Crippen LogP contribution in [-0.2, 0) is 4.79 Å². The molecule has 1 aromatic heterocycles. The molecule has 4 rings (SSSR count). The summed E-state index contributed by atoms with van der Waals surface area (Å²) in [6, 6.07) is 5.01. The van der Waals surface area contributed by atoms with Crippen molar-refractivity contribution in [1.82, 2.24) is 15.0 Å². The molecule has 6 nitrogen and oxygen atoms in total. The SMILES string of the molecule is Cc1noc(-c2ccc(N3CCC(C(=O)N4CCCCCC4)CC3)c(F)c2)n1. The summed E-state index contributed by atoms with van der Waals surface area (Å²) in [5.74, 6) is 0.910. The molecule has 1 amide bonds. The van der Waals surface area contributed by atoms with Crippen LogP contribution < -0.4 is 4.90 Å². The zero-order valence-corrected chi connectivity index (χ0v) is 16.4. The lowest BCUT2D eigenvalue weighted by atomic mass is 9.94. The number of likely N-dealkylation sites (tertiary alicyclic amines) is 1. The number of anilines is 1. The fourth-order valence-electron chi connectivity index (χ4n) is 4.23. The third kappa shape index (κ3) is 4.03. The van der Waals surface area contributed by atoms with Crippen LogP contribution in [0.3, 0.4) is 0 Å². The zero-order chi connectivity index (χ0) is 19.5. The molecule has 2 saturated heterocycles. The van der Waals surface area contributed by atoms with Gasteiger partial charge in [0.05, 0.1) is 5.69 Å². The minimum absolute atomic E-state index is 0.0676. The van der Waals surface area contributed by atoms with Gasteiger partial charge in [0.1, 0.15) is 5.82 Å². The second-order valence-corrected chi connectivity index (χ2v) is 7.81. The Labute approximate surface area is 164 Å². The Balaban J connectivity index is 1.38. The number of hydrogen-bond acceptors (Lipinski definition) is 5. The Morgan fingerprint density at radius 3 is 2.43 bits per heavy atom. The Kier molecular flexibility index (Phi) is 5.59. The summed E-state index contributed by atoms with van der Waals surface area (Å²) >= 11 is 0. The highest BCUT2D eigenvalue weighted by molar-refractivity contribution is 5.79. The van der Waals surface area contributed by atoms with Gasteiger partial charge in [-0.3, -0.25) is 4.79 Å². The minimum atomic E-state index is -0.300. The summed E-state index contributed by atoms with van der Waals surface area (Å²) in [7, 11) is 0. The second-order valence-electron chi connectivity index (χ2n) is 7.81. The smallest absolute Gasteiger partial charge is 0.258 e. The Morgan fingerprint density at radius 2 is 1.82 bits per heavy atom. The maximum Gasteiger partial charge on any atom is 0.258 e. The van der Waals surface area contributed by atoms with Crippen LogP contribution in [0.25, 0.3) is 11.5 Å². The average Bonchev–Trinajstić information content (AvgIpc) is 2.97. The fourth-order valence-corrected chi connectivity index (χ4v) is 4.23. The molecule has 7 heteroatoms. The van der Waals surface area contributed by atoms with Crippen molar-refractivity contribution >= 4 is 11.6 Å². The summed E-state index contributed by atoms with van der Waals surface area (Å²) in [5.41, 5.74) is 1.15. The van der Waals surface area contributed by atoms with Crippen LogP contribution in [0.15, 0.2) is 22.7 Å². The molecule has 2 aliphatic rings. The summed E-state index contributed by atoms with van der Waals surface area (Å²) in [6.45, 7) is 4.91. The van der Waals surface area contributed by atoms with Crippen LogP contribution in [-0.4, -0.2) is 47.1 Å². The largest absolute Gasteiger partial charge is 0.369 e. The van der Waals surface area contributed by atoms with Crippen molar-refractivity contribution in [2.75, 3.05) is 31.1 Å². The van der Waals surface area contributed by atoms with Gasteiger partial charge in [-0.1, -0.05) is 18.0 Å². The number of piperidine rings is 1. The van der Waals surface area contributed by atoms with E-state index >= 15 is 0 Å². The quantitative estimate of drug-likeness (QED) is 0.803. The predicted molar refractivity (Wildman–Crippen MR) is 104 cm³/mol. The van der Waals surface area contributed by atoms with Crippen LogP contribution in [0, 0.1) is 18.7 Å². The minimum Gasteiger partial charge on any atom is -0.369 e. The lowest BCUT2D eigenvalue weighted by Gasteiger charge is -2.35. The Hall–Kier alpha value is -2.44. The van der Waals surface area contributed by atoms with Crippen molar-refractivity contribution in [3.63, 3.8) is 0 Å². The first kappa shape index (κ1) is 18.9. The number of benzene rings is 1. The molecular formula is C21H27FN4O2. The van der Waals surface area contributed by atoms with Gasteiger partial charge >= 0.3 is 0 Å². The van der Waals surface area contributed by atoms with E-state index < -0.39 is 0 Å². The van der Waals surface area contributed by atoms with E-state index in [2.05, 4.69) is 15.0 Å². The molecule has 0 unspecified atom stereocenters. The first-order valence-corrected chi connectivity index (χ1v) is 10.3. The normalized spacial score (nSPS) is 18.9. The first-order valence-electron chi connectivity index (χ1n) is 10.3. The third-order valence-corrected chi connectivity index (χ3v) is 5.82. The second kappa shape index (κ2) is 8.29. The third-order valence-electron chi connectivity index (χ3n) is 5.82. The summed E-state index contributed by atoms with van der Waals surface area (Å²) in [4.78, 5) is 21.1. The van der Waals surface area contributed by atoms with Crippen LogP contribution in [0.5, 0.6) is 0 Å². The highest BCUT2D eigenvalue weighted by atomic mass is 19.1. The number of carbonyl (C=O) groups excluding carboxylic acids is 1. The Bertz CT molecular complexity index is 822. The summed E-state index contributed by atoms with van der Waals surface area (Å²) < 4.78 is 19.8. The summed E-state index contributed by atoms with van der Waals surface area (Å²) in [5, 5.41) is 3.75. The van der Waals surface area contributed by atoms with E-state index in [4.69, 9.17) is 4.52 Å². The molecule has 0 radical (unpaired) electrons. The predicted octanol–water partition coefficient (Wildman–Crippen LogP) is 3.80. The standard InChI is InChI=1S/C21H27FN4O2/c1-15-23-20(28-24-15)17-6-7-19(18(22)14-17)25-12-8-16(9-13-25)21(27)26-10-4-2-3-5-11-26/h6-7,14,16H,2-5,8-13H2,1H3. The van der Waals surface area contributed by atoms with Crippen molar-refractivity contribution < 1.29 is 13.7 Å². The number of halogens is 1. The van der Waals surface area contributed by atoms with E-state index in [1.807, 2.05) is 4.90 Å². The zero-order valence-electron chi connectivity index (χ0n) is 16.4. The number of nitrogens with zero attached hydrogens (tertiary/aromatic N) is 4. The molecule has 150 valence electrons. The average molecular weight is 386 g/mol. The van der Waals surface area contributed by atoms with Gasteiger partial charge in [-0.05, 0) is 50.8 Å². The number of aromatic nitrogens is 2. The summed E-state index contributed by atoms with van der Waals surface area (Å²) in [6.07, 6.45) is 6.23. The maximum absolute atomic E-state index is 14.7. The topological polar surface area (TPSA) is 62.5 Å². The lowest BCUT2D eigenvalue weighted by Crippen LogP contribution is -2.43. The van der Waals surface area contributed by atoms with Gasteiger partial charge in [0.25, 0.3) is 5.89 Å². The molecule has 0 aliphatic carbocycles. The number of hydrogen-bond donors (Lipinski definition) is 0. The molecule has 2 aromatic rings. The van der Waals surface area contributed by atoms with E-state index in [0.717, 1.165) is 38.8 Å². The first-order chi connectivity index (χ1) is 13.6. The van der Waals surface area contributed by atoms with Gasteiger partial charge in [-0.15, -0.1) is 0 Å². The van der Waals surface area contributed by atoms with E-state index in [0.29, 0.717) is 42.0 Å². The van der Waals surface area contributed by atoms with E-state index in [1.54, 1.807) is 19.1 Å². The molecule has 28 heavy (non-hydrogen) atoms. The monoisotopic (exact) mass is 386 g/mol. The highest BCUT2D eigenvalue weighted by Gasteiger charge is 2.29. The molecule has 0 spiro atoms. The van der Waals surface area contributed by atoms with Gasteiger partial charge in [-0.25, -0.2) is 4.39 Å². The van der Waals surface area contributed by atoms with Gasteiger partial charge in [0, 0.05) is 37.7 Å². The molecule has 1 aromatic carbocycles. The van der Waals surface area contributed by atoms with Gasteiger partial charge in [0.15, 0.2) is 5.82 Å². The molecular weight excluding hydrogens is 359 g/mol. The van der Waals surface area contributed by atoms with Crippen molar-refractivity contribution in [2.24, 2.45) is 5.92 Å². The molecule has 0 bridgehead atoms. The molecule has 0 saturated carbocycles. The van der Waals surface area contributed by atoms with Crippen molar-refractivity contribution in [3.8, 4) is 11.5 Å². The maximum atomic E-state index is 14.7. The van der Waals surface area contributed by atoms with Gasteiger partial charge < -0.3 is 14.3 Å². The lowest BCUT2D eigenvalue weighted by molar-refractivity contribution is -0.136. The van der Waals surface area contributed by atoms with Crippen LogP contribution in [0.2, 0.25) is 0 Å². The molecule has 2 aliphatic heterocycles. The number of rotatable bonds is 3. The van der Waals surface area contributed by atoms with E-state index in [1.165, 1.54) is 18.9 Å². The fraction of sp³-hybridized carbons (Fsp3) is 0.571. The molecule has 2 fully saturated rings. The van der Waals surface area contributed by atoms with Crippen LogP contribution in [0.4, 0.5) is 10.1 Å². The number of carbonyl (C=O) groups is 1. The highest BCUT2D eigenvalue weighted by Crippen LogP contribution is 2.30. The number of aryl methyl sites for hydroxylation is 1. The van der Waals surface area contributed by atoms with Gasteiger partial charge in [0.2, 0.25) is 5.91 Å². The van der Waals surface area contributed by atoms with E-state index in [9.17, 15) is 9.18 Å². The molecule has 0 atom stereocenters. The molecule has 3 heterocycles. The van der Waals surface area contributed by atoms with Crippen molar-refractivity contribution in [3.05, 3.63) is 29.8 Å². The molecule has 0 N–H and O–H groups in total. The van der Waals surface area contributed by atoms with Crippen molar-refractivity contribution in [2.45, 2.75) is 45.4 Å². The Morgan fingerprint density at radius 1 is 1.11 bits per heavy atom. The van der Waals surface area contributed by atoms with Crippen LogP contribution in [0.1, 0.15) is 44.3 Å². The van der Waals surface area contributed by atoms with Crippen LogP contribution >= 0.6 is 0 Å². The van der Waals surface area contributed by atoms with Gasteiger partial charge in [-0.2, -0.15) is 4.98 Å². The van der Waals surface area contributed by atoms with E-state index in [-0.39, 0.29) is 11.7 Å². The van der Waals surface area contributed by atoms with Crippen molar-refractivity contribution in [1.29, 1.82) is 0 Å².